The summed E-state index contributed by atoms with van der Waals surface area (Å²) < 4.78 is 5.77. The zero-order chi connectivity index (χ0) is 22.9. The number of carboxylic acids is 1. The van der Waals surface area contributed by atoms with Crippen LogP contribution in [0.3, 0.4) is 0 Å². The maximum Gasteiger partial charge on any atom is 0.332 e. The number of hydrogen-bond donors (Lipinski definition) is 1. The fourth-order valence-electron chi connectivity index (χ4n) is 6.45. The van der Waals surface area contributed by atoms with E-state index in [0.29, 0.717) is 23.0 Å². The van der Waals surface area contributed by atoms with Crippen LogP contribution in [-0.2, 0) is 27.8 Å². The zero-order valence-electron chi connectivity index (χ0n) is 19.3. The lowest BCUT2D eigenvalue weighted by atomic mass is 9.65. The number of aromatic nitrogens is 2. The molecule has 0 aliphatic heterocycles. The third-order valence-electron chi connectivity index (χ3n) is 8.22. The van der Waals surface area contributed by atoms with E-state index >= 15 is 0 Å². The fraction of sp³-hybridized carbons (Fsp3) is 0.615. The average Bonchev–Trinajstić information content (AvgIpc) is 3.40. The van der Waals surface area contributed by atoms with Crippen molar-refractivity contribution < 1.29 is 19.2 Å². The molecule has 0 aromatic carbocycles. The molecule has 174 valence electrons. The van der Waals surface area contributed by atoms with Crippen LogP contribution in [0, 0.1) is 11.8 Å². The molecule has 0 radical (unpaired) electrons. The summed E-state index contributed by atoms with van der Waals surface area (Å²) in [4.78, 5) is 32.8. The Balaban J connectivity index is 1.43. The van der Waals surface area contributed by atoms with Gasteiger partial charge < -0.3 is 9.63 Å². The van der Waals surface area contributed by atoms with Crippen LogP contribution < -0.4 is 0 Å². The number of carboxylic acid groups (broad SMARTS) is 1. The van der Waals surface area contributed by atoms with Gasteiger partial charge in [-0.05, 0) is 80.6 Å². The summed E-state index contributed by atoms with van der Waals surface area (Å²) >= 11 is 1.70. The van der Waals surface area contributed by atoms with Crippen LogP contribution in [-0.4, -0.2) is 27.0 Å². The number of hydrogen-bond acceptors (Lipinski definition) is 6. The number of allylic oxidation sites excluding steroid dienone is 1. The van der Waals surface area contributed by atoms with E-state index in [1.807, 2.05) is 0 Å². The molecule has 2 aromatic heterocycles. The van der Waals surface area contributed by atoms with Gasteiger partial charge in [-0.1, -0.05) is 19.0 Å². The van der Waals surface area contributed by atoms with Crippen LogP contribution in [0.1, 0.15) is 92.3 Å². The second-order valence-electron chi connectivity index (χ2n) is 10.9. The van der Waals surface area contributed by atoms with E-state index in [0.717, 1.165) is 74.1 Å². The van der Waals surface area contributed by atoms with Gasteiger partial charge in [-0.3, -0.25) is 4.79 Å². The van der Waals surface area contributed by atoms with Gasteiger partial charge in [0.15, 0.2) is 11.6 Å². The van der Waals surface area contributed by atoms with Crippen molar-refractivity contribution in [2.24, 2.45) is 11.8 Å². The number of thiophene rings is 1. The third kappa shape index (κ3) is 3.50. The number of aliphatic carboxylic acids is 1. The minimum atomic E-state index is -0.912. The van der Waals surface area contributed by atoms with Gasteiger partial charge in [-0.25, -0.2) is 4.79 Å². The smallest absolute Gasteiger partial charge is 0.332 e. The first-order valence-electron chi connectivity index (χ1n) is 12.3. The van der Waals surface area contributed by atoms with Crippen molar-refractivity contribution >= 4 is 23.1 Å². The number of carbonyl (C=O) groups is 2. The van der Waals surface area contributed by atoms with Crippen molar-refractivity contribution in [1.82, 2.24) is 10.1 Å². The summed E-state index contributed by atoms with van der Waals surface area (Å²) in [7, 11) is 0. The summed E-state index contributed by atoms with van der Waals surface area (Å²) in [5, 5.41) is 14.2. The number of aryl methyl sites for hydroxylation is 1. The van der Waals surface area contributed by atoms with E-state index in [-0.39, 0.29) is 29.5 Å². The minimum absolute atomic E-state index is 0.0235. The summed E-state index contributed by atoms with van der Waals surface area (Å²) in [6.45, 7) is 4.52. The van der Waals surface area contributed by atoms with Crippen LogP contribution in [0.25, 0.3) is 11.5 Å². The number of fused-ring (bicyclic) bond motifs is 3. The van der Waals surface area contributed by atoms with Gasteiger partial charge >= 0.3 is 5.97 Å². The first kappa shape index (κ1) is 21.3. The minimum Gasteiger partial charge on any atom is -0.478 e. The third-order valence-corrected chi connectivity index (χ3v) is 9.47. The molecule has 0 amide bonds. The highest BCUT2D eigenvalue weighted by Crippen LogP contribution is 2.50. The highest BCUT2D eigenvalue weighted by Gasteiger charge is 2.42. The van der Waals surface area contributed by atoms with Crippen molar-refractivity contribution in [3.05, 3.63) is 32.3 Å². The average molecular weight is 467 g/mol. The van der Waals surface area contributed by atoms with Gasteiger partial charge in [0.25, 0.3) is 5.89 Å². The van der Waals surface area contributed by atoms with E-state index in [4.69, 9.17) is 9.51 Å². The van der Waals surface area contributed by atoms with Crippen molar-refractivity contribution in [2.75, 3.05) is 0 Å². The largest absolute Gasteiger partial charge is 0.478 e. The zero-order valence-corrected chi connectivity index (χ0v) is 20.1. The lowest BCUT2D eigenvalue weighted by Gasteiger charge is -2.38. The predicted octanol–water partition coefficient (Wildman–Crippen LogP) is 5.60. The summed E-state index contributed by atoms with van der Waals surface area (Å²) in [5.74, 6) is 0.885. The molecule has 7 rings (SSSR count). The Bertz CT molecular complexity index is 1180. The van der Waals surface area contributed by atoms with Crippen LogP contribution in [0.4, 0.5) is 0 Å². The molecule has 2 aromatic rings. The van der Waals surface area contributed by atoms with Crippen LogP contribution in [0.5, 0.6) is 0 Å². The fourth-order valence-corrected chi connectivity index (χ4v) is 7.97. The summed E-state index contributed by atoms with van der Waals surface area (Å²) in [6, 6.07) is 0. The Hall–Kier alpha value is -2.28. The van der Waals surface area contributed by atoms with E-state index in [2.05, 4.69) is 19.0 Å². The summed E-state index contributed by atoms with van der Waals surface area (Å²) in [5.41, 5.74) is 3.16. The first-order valence-corrected chi connectivity index (χ1v) is 13.1. The number of rotatable bonds is 6. The molecule has 0 spiro atoms. The SMILES string of the molecule is CC1(C)CCCc2sc(CC(=O)C3=C(C(=O)O)C4CCC3CC4)c(-c3nc(C4CC4)no3)c21. The molecular formula is C26H30N2O4S. The maximum atomic E-state index is 13.7. The number of ketones is 1. The van der Waals surface area contributed by atoms with Gasteiger partial charge in [0.2, 0.25) is 0 Å². The molecule has 5 aliphatic rings. The Morgan fingerprint density at radius 2 is 1.73 bits per heavy atom. The Morgan fingerprint density at radius 3 is 2.39 bits per heavy atom. The van der Waals surface area contributed by atoms with Crippen molar-refractivity contribution in [1.29, 1.82) is 0 Å². The van der Waals surface area contributed by atoms with Crippen LogP contribution in [0.2, 0.25) is 0 Å². The summed E-state index contributed by atoms with van der Waals surface area (Å²) in [6.07, 6.45) is 9.28. The quantitative estimate of drug-likeness (QED) is 0.595. The molecule has 0 unspecified atom stereocenters. The molecule has 7 heteroatoms. The Kier molecular flexibility index (Phi) is 4.91. The lowest BCUT2D eigenvalue weighted by Crippen LogP contribution is -2.34. The highest BCUT2D eigenvalue weighted by molar-refractivity contribution is 7.12. The van der Waals surface area contributed by atoms with Gasteiger partial charge in [-0.15, -0.1) is 11.3 Å². The molecule has 0 saturated heterocycles. The maximum absolute atomic E-state index is 13.7. The molecule has 1 N–H and O–H groups in total. The monoisotopic (exact) mass is 466 g/mol. The molecule has 2 saturated carbocycles. The van der Waals surface area contributed by atoms with Gasteiger partial charge in [0, 0.05) is 33.2 Å². The van der Waals surface area contributed by atoms with E-state index in [9.17, 15) is 14.7 Å². The second kappa shape index (κ2) is 7.62. The van der Waals surface area contributed by atoms with Crippen LogP contribution in [0.15, 0.2) is 15.7 Å². The van der Waals surface area contributed by atoms with E-state index < -0.39 is 5.97 Å². The molecule has 5 aliphatic carbocycles. The normalized spacial score (nSPS) is 25.9. The highest BCUT2D eigenvalue weighted by atomic mass is 32.1. The topological polar surface area (TPSA) is 93.3 Å². The molecule has 33 heavy (non-hydrogen) atoms. The van der Waals surface area contributed by atoms with E-state index in [1.165, 1.54) is 10.4 Å². The van der Waals surface area contributed by atoms with Gasteiger partial charge in [0.05, 0.1) is 5.56 Å². The standard InChI is InChI=1S/C26H30N2O4S/c1-26(2)11-3-4-17-22(26)21(24-27-23(28-32-24)15-9-10-15)18(33-17)12-16(29)19-13-5-7-14(8-6-13)20(19)25(30)31/h13-15H,3-12H2,1-2H3,(H,30,31). The van der Waals surface area contributed by atoms with Crippen molar-refractivity contribution in [3.63, 3.8) is 0 Å². The molecular weight excluding hydrogens is 436 g/mol. The molecule has 6 nitrogen and oxygen atoms in total. The molecule has 2 heterocycles. The molecule has 2 bridgehead atoms. The Labute approximate surface area is 197 Å². The van der Waals surface area contributed by atoms with Crippen molar-refractivity contribution in [2.45, 2.75) is 89.4 Å². The second-order valence-corrected chi connectivity index (χ2v) is 12.1. The lowest BCUT2D eigenvalue weighted by molar-refractivity contribution is -0.134. The van der Waals surface area contributed by atoms with Gasteiger partial charge in [0.1, 0.15) is 0 Å². The molecule has 2 fully saturated rings. The first-order chi connectivity index (χ1) is 15.8. The number of nitrogens with zero attached hydrogens (tertiary/aromatic N) is 2. The van der Waals surface area contributed by atoms with Gasteiger partial charge in [-0.2, -0.15) is 4.98 Å². The predicted molar refractivity (Wildman–Crippen MR) is 124 cm³/mol. The number of carbonyl (C=O) groups excluding carboxylic acids is 1. The molecule has 0 atom stereocenters. The van der Waals surface area contributed by atoms with Crippen LogP contribution >= 0.6 is 11.3 Å². The Morgan fingerprint density at radius 1 is 1.06 bits per heavy atom. The van der Waals surface area contributed by atoms with E-state index in [1.54, 1.807) is 11.3 Å². The number of Topliss-reactive ketones (excluding diaryl/α,β-unsaturated/α-hetero) is 1. The van der Waals surface area contributed by atoms with Crippen molar-refractivity contribution in [3.8, 4) is 11.5 Å².